The molecule has 3 heteroatoms. The lowest BCUT2D eigenvalue weighted by Gasteiger charge is -1.98. The first-order chi connectivity index (χ1) is 3.00. The first-order valence-corrected chi connectivity index (χ1v) is 3.84. The summed E-state index contributed by atoms with van der Waals surface area (Å²) in [5.74, 6) is 1.07. The molecule has 1 aliphatic heterocycles. The third kappa shape index (κ3) is 1.14. The lowest BCUT2D eigenvalue weighted by Crippen LogP contribution is -1.72. The number of hydrogen-bond acceptors (Lipinski definition) is 3. The molecule has 34 valence electrons. The van der Waals surface area contributed by atoms with E-state index in [0.717, 1.165) is 5.75 Å². The summed E-state index contributed by atoms with van der Waals surface area (Å²) in [5, 5.41) is 0. The van der Waals surface area contributed by atoms with Gasteiger partial charge in [0.05, 0.1) is 6.26 Å². The highest BCUT2D eigenvalue weighted by Gasteiger charge is 1.89. The van der Waals surface area contributed by atoms with Crippen molar-refractivity contribution in [3.63, 3.8) is 0 Å². The van der Waals surface area contributed by atoms with Gasteiger partial charge >= 0.3 is 0 Å². The molecule has 1 rings (SSSR count). The topological polar surface area (TPSA) is 9.23 Å². The average molecular weight is 120 g/mol. The monoisotopic (exact) mass is 120 g/mol. The molecule has 0 aliphatic carbocycles. The summed E-state index contributed by atoms with van der Waals surface area (Å²) >= 11 is 1.42. The van der Waals surface area contributed by atoms with Gasteiger partial charge in [-0.05, 0) is 16.9 Å². The van der Waals surface area contributed by atoms with E-state index in [1.807, 2.05) is 6.08 Å². The van der Waals surface area contributed by atoms with Gasteiger partial charge in [0, 0.05) is 5.75 Å². The van der Waals surface area contributed by atoms with Crippen molar-refractivity contribution in [2.45, 2.75) is 0 Å². The first-order valence-electron chi connectivity index (χ1n) is 1.60. The Bertz CT molecular complexity index is 53.8. The fourth-order valence-electron chi connectivity index (χ4n) is 0.196. The van der Waals surface area contributed by atoms with Gasteiger partial charge < -0.3 is 4.18 Å². The Morgan fingerprint density at radius 1 is 1.67 bits per heavy atom. The third-order valence-corrected chi connectivity index (χ3v) is 1.95. The van der Waals surface area contributed by atoms with E-state index in [-0.39, 0.29) is 0 Å². The molecule has 1 nitrogen and oxygen atoms in total. The summed E-state index contributed by atoms with van der Waals surface area (Å²) in [4.78, 5) is 0. The van der Waals surface area contributed by atoms with Crippen LogP contribution in [0.25, 0.3) is 0 Å². The zero-order valence-corrected chi connectivity index (χ0v) is 4.72. The molecule has 0 aromatic carbocycles. The second-order valence-electron chi connectivity index (χ2n) is 0.821. The number of rotatable bonds is 0. The molecule has 0 saturated heterocycles. The summed E-state index contributed by atoms with van der Waals surface area (Å²) < 4.78 is 4.77. The minimum atomic E-state index is 1.07. The van der Waals surface area contributed by atoms with Crippen LogP contribution in [0.2, 0.25) is 0 Å². The van der Waals surface area contributed by atoms with Crippen LogP contribution in [0, 0.1) is 0 Å². The molecule has 0 atom stereocenters. The van der Waals surface area contributed by atoms with Gasteiger partial charge in [-0.3, -0.25) is 0 Å². The van der Waals surface area contributed by atoms with Crippen molar-refractivity contribution in [1.82, 2.24) is 0 Å². The summed E-state index contributed by atoms with van der Waals surface area (Å²) in [6, 6.07) is 0. The quantitative estimate of drug-likeness (QED) is 0.356. The second kappa shape index (κ2) is 2.42. The molecule has 0 aromatic heterocycles. The summed E-state index contributed by atoms with van der Waals surface area (Å²) in [6.45, 7) is 0. The molecule has 1 heterocycles. The molecule has 0 radical (unpaired) electrons. The van der Waals surface area contributed by atoms with Crippen molar-refractivity contribution in [1.29, 1.82) is 0 Å². The molecule has 1 aliphatic rings. The molecule has 0 saturated carbocycles. The average Bonchev–Trinajstić information content (AvgIpc) is 1.72. The van der Waals surface area contributed by atoms with Gasteiger partial charge in [0.15, 0.2) is 0 Å². The standard InChI is InChI=1S/C3H4OS2/c1-2-4-6-5-3-1/h1-2H,3H2. The van der Waals surface area contributed by atoms with E-state index >= 15 is 0 Å². The second-order valence-corrected chi connectivity index (χ2v) is 2.83. The Hall–Kier alpha value is 0.240. The fraction of sp³-hybridized carbons (Fsp3) is 0.333. The van der Waals surface area contributed by atoms with Crippen LogP contribution >= 0.6 is 21.9 Å². The van der Waals surface area contributed by atoms with E-state index in [0.29, 0.717) is 0 Å². The molecule has 0 bridgehead atoms. The van der Waals surface area contributed by atoms with Gasteiger partial charge in [0.1, 0.15) is 11.1 Å². The van der Waals surface area contributed by atoms with Crippen LogP contribution in [0.3, 0.4) is 0 Å². The molecule has 0 unspecified atom stereocenters. The predicted molar refractivity (Wildman–Crippen MR) is 30.3 cm³/mol. The minimum Gasteiger partial charge on any atom is -0.422 e. The van der Waals surface area contributed by atoms with E-state index in [1.54, 1.807) is 17.1 Å². The predicted octanol–water partition coefficient (Wildman–Crippen LogP) is 1.83. The van der Waals surface area contributed by atoms with Crippen molar-refractivity contribution in [2.75, 3.05) is 5.75 Å². The van der Waals surface area contributed by atoms with E-state index < -0.39 is 0 Å². The summed E-state index contributed by atoms with van der Waals surface area (Å²) in [7, 11) is 1.70. The lowest BCUT2D eigenvalue weighted by molar-refractivity contribution is 0.572. The highest BCUT2D eigenvalue weighted by atomic mass is 33.1. The van der Waals surface area contributed by atoms with Crippen LogP contribution < -0.4 is 0 Å². The van der Waals surface area contributed by atoms with Crippen molar-refractivity contribution in [2.24, 2.45) is 0 Å². The molecule has 0 fully saturated rings. The zero-order chi connectivity index (χ0) is 4.24. The number of hydrogen-bond donors (Lipinski definition) is 0. The SMILES string of the molecule is C1=COSSC1. The van der Waals surface area contributed by atoms with E-state index in [1.165, 1.54) is 11.1 Å². The molecule has 0 aromatic rings. The van der Waals surface area contributed by atoms with E-state index in [4.69, 9.17) is 4.18 Å². The van der Waals surface area contributed by atoms with Crippen molar-refractivity contribution in [3.8, 4) is 0 Å². The molecule has 0 spiro atoms. The molecule has 0 amide bonds. The first kappa shape index (κ1) is 4.40. The van der Waals surface area contributed by atoms with Gasteiger partial charge in [0.2, 0.25) is 0 Å². The van der Waals surface area contributed by atoms with Crippen LogP contribution in [-0.2, 0) is 4.18 Å². The third-order valence-electron chi connectivity index (χ3n) is 0.403. The van der Waals surface area contributed by atoms with Gasteiger partial charge in [0.25, 0.3) is 0 Å². The van der Waals surface area contributed by atoms with Crippen molar-refractivity contribution < 1.29 is 4.18 Å². The van der Waals surface area contributed by atoms with Crippen LogP contribution in [0.15, 0.2) is 12.3 Å². The Morgan fingerprint density at radius 3 is 2.83 bits per heavy atom. The zero-order valence-electron chi connectivity index (χ0n) is 3.09. The van der Waals surface area contributed by atoms with E-state index in [9.17, 15) is 0 Å². The van der Waals surface area contributed by atoms with Crippen LogP contribution in [-0.4, -0.2) is 5.75 Å². The Kier molecular flexibility index (Phi) is 1.77. The summed E-state index contributed by atoms with van der Waals surface area (Å²) in [5.41, 5.74) is 0. The molecule has 6 heavy (non-hydrogen) atoms. The molecular formula is C3H4OS2. The van der Waals surface area contributed by atoms with Crippen LogP contribution in [0.1, 0.15) is 0 Å². The van der Waals surface area contributed by atoms with Crippen molar-refractivity contribution >= 4 is 21.9 Å². The van der Waals surface area contributed by atoms with Gasteiger partial charge in [-0.25, -0.2) is 0 Å². The smallest absolute Gasteiger partial charge is 0.125 e. The lowest BCUT2D eigenvalue weighted by atomic mass is 10.7. The van der Waals surface area contributed by atoms with Crippen LogP contribution in [0.5, 0.6) is 0 Å². The van der Waals surface area contributed by atoms with Gasteiger partial charge in [-0.2, -0.15) is 0 Å². The van der Waals surface area contributed by atoms with Crippen molar-refractivity contribution in [3.05, 3.63) is 12.3 Å². The highest BCUT2D eigenvalue weighted by molar-refractivity contribution is 8.75. The maximum atomic E-state index is 4.77. The largest absolute Gasteiger partial charge is 0.422 e. The normalized spacial score (nSPS) is 20.0. The Balaban J connectivity index is 2.26. The fourth-order valence-corrected chi connectivity index (χ4v) is 1.29. The maximum Gasteiger partial charge on any atom is 0.125 e. The van der Waals surface area contributed by atoms with Gasteiger partial charge in [-0.15, -0.1) is 0 Å². The highest BCUT2D eigenvalue weighted by Crippen LogP contribution is 2.25. The van der Waals surface area contributed by atoms with E-state index in [2.05, 4.69) is 0 Å². The van der Waals surface area contributed by atoms with Gasteiger partial charge in [-0.1, -0.05) is 0 Å². The molecule has 0 N–H and O–H groups in total. The maximum absolute atomic E-state index is 4.77. The van der Waals surface area contributed by atoms with Crippen LogP contribution in [0.4, 0.5) is 0 Å². The Morgan fingerprint density at radius 2 is 2.67 bits per heavy atom. The Labute approximate surface area is 44.7 Å². The minimum absolute atomic E-state index is 1.07. The molecular weight excluding hydrogens is 116 g/mol. The summed E-state index contributed by atoms with van der Waals surface area (Å²) in [6.07, 6.45) is 3.70.